The number of benzene rings is 1. The predicted molar refractivity (Wildman–Crippen MR) is 80.9 cm³/mol. The van der Waals surface area contributed by atoms with Crippen LogP contribution < -0.4 is 5.32 Å². The molecule has 2 rings (SSSR count). The summed E-state index contributed by atoms with van der Waals surface area (Å²) in [5.74, 6) is -0.0887. The zero-order chi connectivity index (χ0) is 14.2. The predicted octanol–water partition coefficient (Wildman–Crippen LogP) is 2.44. The summed E-state index contributed by atoms with van der Waals surface area (Å²) in [5.41, 5.74) is 1.96. The van der Waals surface area contributed by atoms with Crippen LogP contribution in [0.2, 0.25) is 0 Å². The van der Waals surface area contributed by atoms with Crippen molar-refractivity contribution in [1.29, 1.82) is 0 Å². The molecule has 1 saturated heterocycles. The topological polar surface area (TPSA) is 41.6 Å². The van der Waals surface area contributed by atoms with E-state index >= 15 is 0 Å². The minimum Gasteiger partial charge on any atom is -0.370 e. The summed E-state index contributed by atoms with van der Waals surface area (Å²) in [6, 6.07) is 7.77. The van der Waals surface area contributed by atoms with Gasteiger partial charge in [0.05, 0.1) is 6.61 Å². The number of carbonyl (C=O) groups excluding carboxylic acids is 1. The van der Waals surface area contributed by atoms with E-state index < -0.39 is 0 Å². The number of amides is 1. The van der Waals surface area contributed by atoms with Gasteiger partial charge < -0.3 is 15.0 Å². The van der Waals surface area contributed by atoms with Crippen molar-refractivity contribution in [1.82, 2.24) is 4.90 Å². The van der Waals surface area contributed by atoms with Crippen molar-refractivity contribution in [3.8, 4) is 0 Å². The van der Waals surface area contributed by atoms with Gasteiger partial charge in [0.2, 0.25) is 5.91 Å². The summed E-state index contributed by atoms with van der Waals surface area (Å²) < 4.78 is 5.45. The molecule has 0 aliphatic carbocycles. The number of carbonyl (C=O) groups is 1. The van der Waals surface area contributed by atoms with Crippen LogP contribution in [0.25, 0.3) is 0 Å². The minimum absolute atomic E-state index is 0.0887. The zero-order valence-corrected chi connectivity index (χ0v) is 12.2. The first-order valence-corrected chi connectivity index (χ1v) is 7.41. The number of rotatable bonds is 6. The Morgan fingerprint density at radius 1 is 1.30 bits per heavy atom. The molecule has 20 heavy (non-hydrogen) atoms. The molecule has 4 nitrogen and oxygen atoms in total. The normalized spacial score (nSPS) is 16.1. The van der Waals surface area contributed by atoms with Crippen molar-refractivity contribution in [2.45, 2.75) is 26.2 Å². The van der Waals surface area contributed by atoms with Crippen LogP contribution in [0.5, 0.6) is 0 Å². The van der Waals surface area contributed by atoms with Crippen LogP contribution in [0, 0.1) is 6.92 Å². The lowest BCUT2D eigenvalue weighted by atomic mass is 10.1. The van der Waals surface area contributed by atoms with Gasteiger partial charge >= 0.3 is 0 Å². The van der Waals surface area contributed by atoms with Crippen molar-refractivity contribution in [3.63, 3.8) is 0 Å². The van der Waals surface area contributed by atoms with Gasteiger partial charge in [0.15, 0.2) is 0 Å². The average molecular weight is 276 g/mol. The van der Waals surface area contributed by atoms with Crippen molar-refractivity contribution >= 4 is 11.6 Å². The van der Waals surface area contributed by atoms with Crippen LogP contribution in [0.3, 0.4) is 0 Å². The van der Waals surface area contributed by atoms with Crippen LogP contribution in [0.4, 0.5) is 5.69 Å². The molecule has 0 aromatic heterocycles. The monoisotopic (exact) mass is 276 g/mol. The number of hydrogen-bond acceptors (Lipinski definition) is 3. The molecule has 0 unspecified atom stereocenters. The first-order chi connectivity index (χ1) is 9.74. The summed E-state index contributed by atoms with van der Waals surface area (Å²) >= 11 is 0. The summed E-state index contributed by atoms with van der Waals surface area (Å²) in [5, 5.41) is 2.84. The fourth-order valence-corrected chi connectivity index (χ4v) is 2.46. The SMILES string of the molecule is Cc1cccc(NC(=O)COCCN2CCCCC2)c1. The summed E-state index contributed by atoms with van der Waals surface area (Å²) in [4.78, 5) is 14.1. The number of piperidine rings is 1. The maximum absolute atomic E-state index is 11.7. The van der Waals surface area contributed by atoms with Gasteiger partial charge in [0.1, 0.15) is 6.61 Å². The Labute approximate surface area is 121 Å². The number of aryl methyl sites for hydroxylation is 1. The number of anilines is 1. The number of hydrogen-bond donors (Lipinski definition) is 1. The van der Waals surface area contributed by atoms with Crippen molar-refractivity contribution in [2.24, 2.45) is 0 Å². The van der Waals surface area contributed by atoms with Crippen molar-refractivity contribution in [3.05, 3.63) is 29.8 Å². The molecule has 1 N–H and O–H groups in total. The van der Waals surface area contributed by atoms with Gasteiger partial charge in [-0.1, -0.05) is 18.6 Å². The van der Waals surface area contributed by atoms with Crippen molar-refractivity contribution in [2.75, 3.05) is 38.2 Å². The molecule has 1 aromatic rings. The number of nitrogens with zero attached hydrogens (tertiary/aromatic N) is 1. The maximum Gasteiger partial charge on any atom is 0.250 e. The second-order valence-electron chi connectivity index (χ2n) is 5.37. The third-order valence-corrected chi connectivity index (χ3v) is 3.54. The second kappa shape index (κ2) is 8.02. The fourth-order valence-electron chi connectivity index (χ4n) is 2.46. The molecule has 0 spiro atoms. The molecule has 0 atom stereocenters. The Bertz CT molecular complexity index is 428. The van der Waals surface area contributed by atoms with Gasteiger partial charge in [-0.15, -0.1) is 0 Å². The molecular weight excluding hydrogens is 252 g/mol. The van der Waals surface area contributed by atoms with Gasteiger partial charge in [-0.05, 0) is 50.6 Å². The molecule has 1 fully saturated rings. The molecule has 0 radical (unpaired) electrons. The van der Waals surface area contributed by atoms with E-state index in [1.54, 1.807) is 0 Å². The van der Waals surface area contributed by atoms with E-state index in [2.05, 4.69) is 10.2 Å². The van der Waals surface area contributed by atoms with Gasteiger partial charge in [-0.3, -0.25) is 4.79 Å². The molecule has 110 valence electrons. The van der Waals surface area contributed by atoms with Crippen molar-refractivity contribution < 1.29 is 9.53 Å². The molecular formula is C16H24N2O2. The Morgan fingerprint density at radius 2 is 2.10 bits per heavy atom. The first kappa shape index (κ1) is 15.0. The molecule has 1 amide bonds. The van der Waals surface area contributed by atoms with Crippen LogP contribution in [0.1, 0.15) is 24.8 Å². The summed E-state index contributed by atoms with van der Waals surface area (Å²) in [7, 11) is 0. The fraction of sp³-hybridized carbons (Fsp3) is 0.562. The van der Waals surface area contributed by atoms with E-state index in [1.165, 1.54) is 32.4 Å². The molecule has 0 bridgehead atoms. The number of ether oxygens (including phenoxy) is 1. The third kappa shape index (κ3) is 5.31. The van der Waals surface area contributed by atoms with Crippen LogP contribution in [0.15, 0.2) is 24.3 Å². The third-order valence-electron chi connectivity index (χ3n) is 3.54. The summed E-state index contributed by atoms with van der Waals surface area (Å²) in [6.45, 7) is 6.02. The minimum atomic E-state index is -0.0887. The standard InChI is InChI=1S/C16H24N2O2/c1-14-6-5-7-15(12-14)17-16(19)13-20-11-10-18-8-3-2-4-9-18/h5-7,12H,2-4,8-11,13H2,1H3,(H,17,19). The molecule has 4 heteroatoms. The van der Waals surface area contributed by atoms with Crippen LogP contribution >= 0.6 is 0 Å². The molecule has 0 saturated carbocycles. The molecule has 1 heterocycles. The first-order valence-electron chi connectivity index (χ1n) is 7.41. The largest absolute Gasteiger partial charge is 0.370 e. The quantitative estimate of drug-likeness (QED) is 0.811. The van der Waals surface area contributed by atoms with Gasteiger partial charge in [0.25, 0.3) is 0 Å². The van der Waals surface area contributed by atoms with E-state index in [9.17, 15) is 4.79 Å². The van der Waals surface area contributed by atoms with E-state index in [1.807, 2.05) is 31.2 Å². The number of likely N-dealkylation sites (tertiary alicyclic amines) is 1. The smallest absolute Gasteiger partial charge is 0.250 e. The highest BCUT2D eigenvalue weighted by Crippen LogP contribution is 2.09. The van der Waals surface area contributed by atoms with Gasteiger partial charge in [-0.25, -0.2) is 0 Å². The molecule has 1 aromatic carbocycles. The molecule has 1 aliphatic rings. The van der Waals surface area contributed by atoms with E-state index in [0.717, 1.165) is 17.8 Å². The lowest BCUT2D eigenvalue weighted by Gasteiger charge is -2.25. The lowest BCUT2D eigenvalue weighted by molar-refractivity contribution is -0.120. The van der Waals surface area contributed by atoms with Crippen LogP contribution in [-0.4, -0.2) is 43.7 Å². The van der Waals surface area contributed by atoms with E-state index in [0.29, 0.717) is 6.61 Å². The van der Waals surface area contributed by atoms with Gasteiger partial charge in [0, 0.05) is 12.2 Å². The van der Waals surface area contributed by atoms with E-state index in [-0.39, 0.29) is 12.5 Å². The van der Waals surface area contributed by atoms with Crippen LogP contribution in [-0.2, 0) is 9.53 Å². The Hall–Kier alpha value is -1.39. The highest BCUT2D eigenvalue weighted by atomic mass is 16.5. The highest BCUT2D eigenvalue weighted by molar-refractivity contribution is 5.91. The lowest BCUT2D eigenvalue weighted by Crippen LogP contribution is -2.33. The Kier molecular flexibility index (Phi) is 6.02. The Morgan fingerprint density at radius 3 is 2.85 bits per heavy atom. The Balaban J connectivity index is 1.60. The zero-order valence-electron chi connectivity index (χ0n) is 12.2. The second-order valence-corrected chi connectivity index (χ2v) is 5.37. The molecule has 1 aliphatic heterocycles. The highest BCUT2D eigenvalue weighted by Gasteiger charge is 2.09. The van der Waals surface area contributed by atoms with Gasteiger partial charge in [-0.2, -0.15) is 0 Å². The number of nitrogens with one attached hydrogen (secondary N) is 1. The van der Waals surface area contributed by atoms with E-state index in [4.69, 9.17) is 4.74 Å². The summed E-state index contributed by atoms with van der Waals surface area (Å²) in [6.07, 6.45) is 3.91. The maximum atomic E-state index is 11.7. The average Bonchev–Trinajstić information content (AvgIpc) is 2.45.